The fourth-order valence-electron chi connectivity index (χ4n) is 4.25. The zero-order chi connectivity index (χ0) is 28.9. The number of nitrogens with zero attached hydrogens (tertiary/aromatic N) is 4. The van der Waals surface area contributed by atoms with Gasteiger partial charge < -0.3 is 9.64 Å². The Morgan fingerprint density at radius 2 is 1.44 bits per heavy atom. The normalized spacial score (nSPS) is 13.2. The van der Waals surface area contributed by atoms with E-state index < -0.39 is 23.8 Å². The molecule has 0 spiro atoms. The minimum absolute atomic E-state index is 0.214. The molecule has 1 aromatic heterocycles. The number of hydrogen-bond donors (Lipinski definition) is 0. The van der Waals surface area contributed by atoms with Crippen molar-refractivity contribution in [1.82, 2.24) is 19.8 Å². The molecular formula is C30H40N4O4S. The van der Waals surface area contributed by atoms with E-state index in [4.69, 9.17) is 4.74 Å². The zero-order valence-corrected chi connectivity index (χ0v) is 25.0. The molecule has 8 nitrogen and oxygen atoms in total. The first-order chi connectivity index (χ1) is 18.3. The molecule has 3 rings (SSSR count). The van der Waals surface area contributed by atoms with E-state index in [1.165, 1.54) is 14.8 Å². The van der Waals surface area contributed by atoms with E-state index in [0.29, 0.717) is 6.42 Å². The van der Waals surface area contributed by atoms with Crippen LogP contribution < -0.4 is 0 Å². The Balaban J connectivity index is 1.98. The Labute approximate surface area is 235 Å². The molecule has 39 heavy (non-hydrogen) atoms. The maximum Gasteiger partial charge on any atom is 0.410 e. The third-order valence-electron chi connectivity index (χ3n) is 6.67. The molecule has 2 aromatic carbocycles. The Morgan fingerprint density at radius 1 is 0.795 bits per heavy atom. The van der Waals surface area contributed by atoms with E-state index in [1.54, 1.807) is 72.4 Å². The van der Waals surface area contributed by atoms with Crippen molar-refractivity contribution in [2.24, 2.45) is 0 Å². The number of rotatable bonds is 9. The SMILES string of the molecule is CN(C(=O)OC(C)(C)C)[C@H](Cc1ccc2ccccc2c1)C(=O)N(C)[C@H](Cc1cccs1)C(=O)N(C)N(C)C. The number of hydrazine groups is 1. The number of carbonyl (C=O) groups is 3. The van der Waals surface area contributed by atoms with E-state index in [1.807, 2.05) is 60.0 Å². The van der Waals surface area contributed by atoms with Crippen LogP contribution in [0.25, 0.3) is 10.8 Å². The first-order valence-corrected chi connectivity index (χ1v) is 13.8. The van der Waals surface area contributed by atoms with Gasteiger partial charge in [0, 0.05) is 53.0 Å². The number of ether oxygens (including phenoxy) is 1. The summed E-state index contributed by atoms with van der Waals surface area (Å²) in [5.74, 6) is -0.549. The van der Waals surface area contributed by atoms with Crippen molar-refractivity contribution in [3.8, 4) is 0 Å². The highest BCUT2D eigenvalue weighted by Crippen LogP contribution is 2.22. The van der Waals surface area contributed by atoms with E-state index in [2.05, 4.69) is 0 Å². The summed E-state index contributed by atoms with van der Waals surface area (Å²) in [7, 11) is 8.45. The van der Waals surface area contributed by atoms with Gasteiger partial charge in [-0.25, -0.2) is 9.80 Å². The van der Waals surface area contributed by atoms with Crippen LogP contribution in [0.3, 0.4) is 0 Å². The van der Waals surface area contributed by atoms with Gasteiger partial charge in [0.15, 0.2) is 0 Å². The Kier molecular flexibility index (Phi) is 9.74. The van der Waals surface area contributed by atoms with Gasteiger partial charge in [-0.3, -0.25) is 19.5 Å². The minimum atomic E-state index is -0.880. The monoisotopic (exact) mass is 552 g/mol. The Morgan fingerprint density at radius 3 is 2.03 bits per heavy atom. The van der Waals surface area contributed by atoms with Crippen molar-refractivity contribution in [2.45, 2.75) is 51.3 Å². The van der Waals surface area contributed by atoms with Gasteiger partial charge in [-0.15, -0.1) is 11.3 Å². The minimum Gasteiger partial charge on any atom is -0.444 e. The lowest BCUT2D eigenvalue weighted by atomic mass is 9.99. The van der Waals surface area contributed by atoms with Crippen LogP contribution in [0, 0.1) is 0 Å². The van der Waals surface area contributed by atoms with Crippen molar-refractivity contribution in [1.29, 1.82) is 0 Å². The molecule has 0 aliphatic rings. The number of fused-ring (bicyclic) bond motifs is 1. The Bertz CT molecular complexity index is 1290. The van der Waals surface area contributed by atoms with Gasteiger partial charge in [0.1, 0.15) is 17.7 Å². The molecule has 0 radical (unpaired) electrons. The van der Waals surface area contributed by atoms with Gasteiger partial charge in [0.25, 0.3) is 5.91 Å². The molecule has 0 aliphatic heterocycles. The van der Waals surface area contributed by atoms with Crippen molar-refractivity contribution in [2.75, 3.05) is 35.2 Å². The fraction of sp³-hybridized carbons (Fsp3) is 0.433. The highest BCUT2D eigenvalue weighted by molar-refractivity contribution is 7.09. The highest BCUT2D eigenvalue weighted by atomic mass is 32.1. The van der Waals surface area contributed by atoms with Gasteiger partial charge in [0.2, 0.25) is 5.91 Å². The standard InChI is InChI=1S/C30H40N4O4S/c1-30(2,3)38-29(37)33(7)25(19-21-15-16-22-12-9-10-13-23(22)18-21)27(35)32(6)26(20-24-14-11-17-39-24)28(36)34(8)31(4)5/h9-18,25-26H,19-20H2,1-8H3/t25-,26-/m1/s1. The molecule has 3 amide bonds. The van der Waals surface area contributed by atoms with Gasteiger partial charge >= 0.3 is 6.09 Å². The van der Waals surface area contributed by atoms with Crippen molar-refractivity contribution >= 4 is 40.0 Å². The van der Waals surface area contributed by atoms with Crippen molar-refractivity contribution in [3.63, 3.8) is 0 Å². The molecular weight excluding hydrogens is 512 g/mol. The maximum atomic E-state index is 14.2. The van der Waals surface area contributed by atoms with Crippen molar-refractivity contribution < 1.29 is 19.1 Å². The average Bonchev–Trinajstić information content (AvgIpc) is 3.40. The summed E-state index contributed by atoms with van der Waals surface area (Å²) in [5, 5.41) is 7.27. The molecule has 1 heterocycles. The second kappa shape index (κ2) is 12.6. The van der Waals surface area contributed by atoms with Crippen LogP contribution in [0.4, 0.5) is 4.79 Å². The van der Waals surface area contributed by atoms with Gasteiger partial charge in [-0.05, 0) is 48.6 Å². The lowest BCUT2D eigenvalue weighted by Gasteiger charge is -2.37. The van der Waals surface area contributed by atoms with Crippen LogP contribution in [0.1, 0.15) is 31.2 Å². The van der Waals surface area contributed by atoms with Crippen LogP contribution in [-0.2, 0) is 27.2 Å². The zero-order valence-electron chi connectivity index (χ0n) is 24.2. The van der Waals surface area contributed by atoms with E-state index in [0.717, 1.165) is 21.2 Å². The van der Waals surface area contributed by atoms with Crippen LogP contribution in [0.2, 0.25) is 0 Å². The molecule has 0 fully saturated rings. The molecule has 3 aromatic rings. The third-order valence-corrected chi connectivity index (χ3v) is 7.57. The first kappa shape index (κ1) is 30.1. The van der Waals surface area contributed by atoms with E-state index in [9.17, 15) is 14.4 Å². The lowest BCUT2D eigenvalue weighted by molar-refractivity contribution is -0.153. The molecule has 0 bridgehead atoms. The quantitative estimate of drug-likeness (QED) is 0.361. The summed E-state index contributed by atoms with van der Waals surface area (Å²) in [6, 6.07) is 16.3. The summed E-state index contributed by atoms with van der Waals surface area (Å²) in [4.78, 5) is 44.7. The predicted molar refractivity (Wildman–Crippen MR) is 156 cm³/mol. The topological polar surface area (TPSA) is 73.4 Å². The summed E-state index contributed by atoms with van der Waals surface area (Å²) in [6.07, 6.45) is 0.0461. The summed E-state index contributed by atoms with van der Waals surface area (Å²) in [6.45, 7) is 5.37. The molecule has 0 saturated carbocycles. The third kappa shape index (κ3) is 7.80. The largest absolute Gasteiger partial charge is 0.444 e. The summed E-state index contributed by atoms with van der Waals surface area (Å²) >= 11 is 1.54. The first-order valence-electron chi connectivity index (χ1n) is 13.0. The molecule has 0 N–H and O–H groups in total. The second-order valence-corrected chi connectivity index (χ2v) is 12.0. The van der Waals surface area contributed by atoms with Gasteiger partial charge in [-0.2, -0.15) is 0 Å². The van der Waals surface area contributed by atoms with Gasteiger partial charge in [0.05, 0.1) is 0 Å². The van der Waals surface area contributed by atoms with Crippen molar-refractivity contribution in [3.05, 3.63) is 70.4 Å². The molecule has 0 unspecified atom stereocenters. The van der Waals surface area contributed by atoms with Crippen LogP contribution in [0.15, 0.2) is 60.0 Å². The number of carbonyl (C=O) groups excluding carboxylic acids is 3. The number of benzene rings is 2. The Hall–Kier alpha value is -3.43. The summed E-state index contributed by atoms with van der Waals surface area (Å²) in [5.41, 5.74) is 0.183. The predicted octanol–water partition coefficient (Wildman–Crippen LogP) is 4.68. The molecule has 210 valence electrons. The maximum absolute atomic E-state index is 14.2. The fourth-order valence-corrected chi connectivity index (χ4v) is 4.99. The molecule has 0 aliphatic carbocycles. The number of amides is 3. The van der Waals surface area contributed by atoms with Crippen LogP contribution in [-0.4, -0.2) is 90.6 Å². The van der Waals surface area contributed by atoms with Crippen LogP contribution >= 0.6 is 11.3 Å². The highest BCUT2D eigenvalue weighted by Gasteiger charge is 2.37. The number of hydrogen-bond acceptors (Lipinski definition) is 6. The van der Waals surface area contributed by atoms with E-state index >= 15 is 0 Å². The number of thiophene rings is 1. The van der Waals surface area contributed by atoms with Gasteiger partial charge in [-0.1, -0.05) is 48.5 Å². The van der Waals surface area contributed by atoms with E-state index in [-0.39, 0.29) is 18.2 Å². The molecule has 0 saturated heterocycles. The smallest absolute Gasteiger partial charge is 0.410 e. The second-order valence-electron chi connectivity index (χ2n) is 11.0. The molecule has 9 heteroatoms. The lowest BCUT2D eigenvalue weighted by Crippen LogP contribution is -2.57. The summed E-state index contributed by atoms with van der Waals surface area (Å²) < 4.78 is 5.62. The average molecular weight is 553 g/mol. The number of likely N-dealkylation sites (N-methyl/N-ethyl adjacent to an activating group) is 3. The van der Waals surface area contributed by atoms with Crippen LogP contribution in [0.5, 0.6) is 0 Å². The molecule has 2 atom stereocenters.